The Bertz CT molecular complexity index is 1080. The molecule has 0 fully saturated rings. The van der Waals surface area contributed by atoms with Crippen molar-refractivity contribution in [2.24, 2.45) is 5.92 Å². The lowest BCUT2D eigenvalue weighted by atomic mass is 9.90. The van der Waals surface area contributed by atoms with Crippen molar-refractivity contribution in [2.75, 3.05) is 0 Å². The first-order valence-electron chi connectivity index (χ1n) is 10.4. The Hall–Kier alpha value is -3.04. The summed E-state index contributed by atoms with van der Waals surface area (Å²) < 4.78 is 2.08. The Morgan fingerprint density at radius 2 is 1.77 bits per heavy atom. The number of hydrogen-bond acceptors (Lipinski definition) is 4. The van der Waals surface area contributed by atoms with Gasteiger partial charge in [-0.1, -0.05) is 73.6 Å². The largest absolute Gasteiger partial charge is 0.337 e. The lowest BCUT2D eigenvalue weighted by molar-refractivity contribution is -0.121. The minimum Gasteiger partial charge on any atom is -0.337 e. The number of nitrogens with one attached hydrogen (secondary N) is 1. The van der Waals surface area contributed by atoms with Crippen molar-refractivity contribution in [1.82, 2.24) is 14.9 Å². The first-order chi connectivity index (χ1) is 14.7. The number of aromatic nitrogens is 2. The van der Waals surface area contributed by atoms with Gasteiger partial charge < -0.3 is 5.32 Å². The van der Waals surface area contributed by atoms with Crippen LogP contribution in [0.15, 0.2) is 66.0 Å². The highest BCUT2D eigenvalue weighted by Crippen LogP contribution is 2.32. The van der Waals surface area contributed by atoms with Crippen LogP contribution in [0.25, 0.3) is 16.9 Å². The number of amides is 1. The van der Waals surface area contributed by atoms with Crippen LogP contribution in [-0.2, 0) is 4.79 Å². The number of thioether (sulfide) groups is 1. The second-order valence-electron chi connectivity index (χ2n) is 8.18. The molecule has 0 saturated carbocycles. The first-order valence-corrected chi connectivity index (χ1v) is 11.2. The molecule has 1 aromatic heterocycles. The van der Waals surface area contributed by atoms with Gasteiger partial charge in [0.05, 0.1) is 23.2 Å². The van der Waals surface area contributed by atoms with Gasteiger partial charge in [-0.15, -0.1) is 0 Å². The molecular formula is C25H28N4OS. The quantitative estimate of drug-likeness (QED) is 0.509. The molecule has 0 aliphatic heterocycles. The van der Waals surface area contributed by atoms with E-state index >= 15 is 0 Å². The standard InChI is InChI=1S/C25H28N4OS/c1-17(2)25(5,16-26)28-23(30)19(4)31-24-27-15-22(20-9-7-6-8-10-20)29(24)21-13-11-18(3)12-14-21/h6-15,17,19H,1-5H3,(H,28,30). The minimum absolute atomic E-state index is 0.00196. The van der Waals surface area contributed by atoms with Crippen molar-refractivity contribution in [3.05, 3.63) is 66.4 Å². The molecule has 0 bridgehead atoms. The van der Waals surface area contributed by atoms with Crippen molar-refractivity contribution in [2.45, 2.75) is 50.6 Å². The molecule has 1 amide bonds. The maximum atomic E-state index is 12.9. The molecular weight excluding hydrogens is 404 g/mol. The topological polar surface area (TPSA) is 70.7 Å². The number of aryl methyl sites for hydroxylation is 1. The average Bonchev–Trinajstić information content (AvgIpc) is 3.18. The zero-order chi connectivity index (χ0) is 22.6. The molecule has 0 spiro atoms. The lowest BCUT2D eigenvalue weighted by Crippen LogP contribution is -2.51. The van der Waals surface area contributed by atoms with Crippen molar-refractivity contribution in [3.63, 3.8) is 0 Å². The van der Waals surface area contributed by atoms with Crippen LogP contribution in [0.3, 0.4) is 0 Å². The van der Waals surface area contributed by atoms with E-state index in [0.29, 0.717) is 0 Å². The summed E-state index contributed by atoms with van der Waals surface area (Å²) in [5.74, 6) is -0.180. The summed E-state index contributed by atoms with van der Waals surface area (Å²) in [6, 6.07) is 20.6. The molecule has 0 radical (unpaired) electrons. The highest BCUT2D eigenvalue weighted by Gasteiger charge is 2.32. The Kier molecular flexibility index (Phi) is 6.87. The van der Waals surface area contributed by atoms with E-state index < -0.39 is 10.8 Å². The average molecular weight is 433 g/mol. The molecule has 31 heavy (non-hydrogen) atoms. The number of carbonyl (C=O) groups excluding carboxylic acids is 1. The first kappa shape index (κ1) is 22.6. The van der Waals surface area contributed by atoms with E-state index in [9.17, 15) is 10.1 Å². The number of nitrogens with zero attached hydrogens (tertiary/aromatic N) is 3. The van der Waals surface area contributed by atoms with Gasteiger partial charge in [-0.05, 0) is 38.8 Å². The molecule has 2 unspecified atom stereocenters. The van der Waals surface area contributed by atoms with Gasteiger partial charge in [0.15, 0.2) is 5.16 Å². The monoisotopic (exact) mass is 432 g/mol. The maximum Gasteiger partial charge on any atom is 0.234 e. The van der Waals surface area contributed by atoms with Gasteiger partial charge in [0.1, 0.15) is 5.54 Å². The van der Waals surface area contributed by atoms with Crippen LogP contribution in [0.5, 0.6) is 0 Å². The smallest absolute Gasteiger partial charge is 0.234 e. The summed E-state index contributed by atoms with van der Waals surface area (Å²) in [5, 5.41) is 12.8. The summed E-state index contributed by atoms with van der Waals surface area (Å²) in [5.41, 5.74) is 3.27. The molecule has 1 N–H and O–H groups in total. The van der Waals surface area contributed by atoms with Crippen LogP contribution in [-0.4, -0.2) is 26.2 Å². The molecule has 3 aromatic rings. The fourth-order valence-corrected chi connectivity index (χ4v) is 3.95. The number of nitriles is 1. The van der Waals surface area contributed by atoms with Crippen LogP contribution in [0.2, 0.25) is 0 Å². The summed E-state index contributed by atoms with van der Waals surface area (Å²) in [7, 11) is 0. The maximum absolute atomic E-state index is 12.9. The fraction of sp³-hybridized carbons (Fsp3) is 0.320. The highest BCUT2D eigenvalue weighted by atomic mass is 32.2. The highest BCUT2D eigenvalue weighted by molar-refractivity contribution is 8.00. The predicted molar refractivity (Wildman–Crippen MR) is 126 cm³/mol. The van der Waals surface area contributed by atoms with Gasteiger partial charge in [-0.25, -0.2) is 4.98 Å². The molecule has 2 aromatic carbocycles. The molecule has 160 valence electrons. The van der Waals surface area contributed by atoms with Crippen molar-refractivity contribution < 1.29 is 4.79 Å². The third kappa shape index (κ3) is 5.00. The zero-order valence-corrected chi connectivity index (χ0v) is 19.4. The Labute approximate surface area is 188 Å². The predicted octanol–water partition coefficient (Wildman–Crippen LogP) is 5.38. The third-order valence-corrected chi connectivity index (χ3v) is 6.58. The summed E-state index contributed by atoms with van der Waals surface area (Å²) in [6.45, 7) is 9.51. The summed E-state index contributed by atoms with van der Waals surface area (Å²) in [6.07, 6.45) is 1.84. The lowest BCUT2D eigenvalue weighted by Gasteiger charge is -2.28. The van der Waals surface area contributed by atoms with E-state index in [1.807, 2.05) is 57.3 Å². The van der Waals surface area contributed by atoms with Crippen LogP contribution in [0, 0.1) is 24.2 Å². The molecule has 1 heterocycles. The van der Waals surface area contributed by atoms with Crippen molar-refractivity contribution in [3.8, 4) is 23.0 Å². The number of carbonyl (C=O) groups is 1. The zero-order valence-electron chi connectivity index (χ0n) is 18.6. The SMILES string of the molecule is Cc1ccc(-n2c(-c3ccccc3)cnc2SC(C)C(=O)NC(C)(C#N)C(C)C)cc1. The fourth-order valence-electron chi connectivity index (χ4n) is 3.04. The van der Waals surface area contributed by atoms with E-state index in [2.05, 4.69) is 52.1 Å². The minimum atomic E-state index is -0.909. The summed E-state index contributed by atoms with van der Waals surface area (Å²) in [4.78, 5) is 17.5. The Balaban J connectivity index is 1.94. The number of rotatable bonds is 7. The van der Waals surface area contributed by atoms with Crippen LogP contribution < -0.4 is 5.32 Å². The van der Waals surface area contributed by atoms with E-state index in [1.54, 1.807) is 6.92 Å². The third-order valence-electron chi connectivity index (χ3n) is 5.51. The van der Waals surface area contributed by atoms with Gasteiger partial charge in [-0.3, -0.25) is 9.36 Å². The van der Waals surface area contributed by atoms with E-state index in [0.717, 1.165) is 22.1 Å². The number of hydrogen-bond donors (Lipinski definition) is 1. The Morgan fingerprint density at radius 1 is 1.13 bits per heavy atom. The van der Waals surface area contributed by atoms with Gasteiger partial charge in [0.2, 0.25) is 5.91 Å². The second kappa shape index (κ2) is 9.40. The number of imidazole rings is 1. The molecule has 3 rings (SSSR count). The molecule has 5 nitrogen and oxygen atoms in total. The molecule has 6 heteroatoms. The van der Waals surface area contributed by atoms with Crippen LogP contribution in [0.1, 0.15) is 33.3 Å². The number of benzene rings is 2. The Morgan fingerprint density at radius 3 is 2.35 bits per heavy atom. The molecule has 0 saturated heterocycles. The van der Waals surface area contributed by atoms with Gasteiger partial charge in [0.25, 0.3) is 0 Å². The van der Waals surface area contributed by atoms with Crippen LogP contribution >= 0.6 is 11.8 Å². The van der Waals surface area contributed by atoms with Crippen molar-refractivity contribution >= 4 is 17.7 Å². The van der Waals surface area contributed by atoms with E-state index in [1.165, 1.54) is 17.3 Å². The molecule has 2 atom stereocenters. The normalized spacial score (nSPS) is 14.0. The van der Waals surface area contributed by atoms with E-state index in [4.69, 9.17) is 0 Å². The van der Waals surface area contributed by atoms with Crippen LogP contribution in [0.4, 0.5) is 0 Å². The summed E-state index contributed by atoms with van der Waals surface area (Å²) >= 11 is 1.39. The second-order valence-corrected chi connectivity index (χ2v) is 9.49. The van der Waals surface area contributed by atoms with Gasteiger partial charge >= 0.3 is 0 Å². The van der Waals surface area contributed by atoms with Crippen molar-refractivity contribution in [1.29, 1.82) is 5.26 Å². The van der Waals surface area contributed by atoms with Gasteiger partial charge in [-0.2, -0.15) is 5.26 Å². The molecule has 0 aliphatic carbocycles. The van der Waals surface area contributed by atoms with E-state index in [-0.39, 0.29) is 11.8 Å². The molecule has 0 aliphatic rings. The van der Waals surface area contributed by atoms with Gasteiger partial charge in [0, 0.05) is 11.3 Å².